The summed E-state index contributed by atoms with van der Waals surface area (Å²) in [7, 11) is 1.47. The van der Waals surface area contributed by atoms with Crippen molar-refractivity contribution in [2.45, 2.75) is 38.8 Å². The van der Waals surface area contributed by atoms with Crippen molar-refractivity contribution in [2.24, 2.45) is 0 Å². The van der Waals surface area contributed by atoms with Crippen LogP contribution in [0.4, 0.5) is 9.59 Å². The number of carboxylic acid groups (broad SMARTS) is 1. The fraction of sp³-hybridized carbons (Fsp3) is 0.643. The van der Waals surface area contributed by atoms with Gasteiger partial charge in [0.1, 0.15) is 18.2 Å². The second-order valence-electron chi connectivity index (χ2n) is 5.61. The Morgan fingerprint density at radius 2 is 1.95 bits per heavy atom. The predicted molar refractivity (Wildman–Crippen MR) is 79.6 cm³/mol. The van der Waals surface area contributed by atoms with Crippen LogP contribution in [0.1, 0.15) is 27.2 Å². The molecule has 0 saturated heterocycles. The van der Waals surface area contributed by atoms with Crippen LogP contribution in [-0.2, 0) is 14.3 Å². The molecular formula is C14H24N2O6. The van der Waals surface area contributed by atoms with Gasteiger partial charge in [0, 0.05) is 13.6 Å². The smallest absolute Gasteiger partial charge is 0.409 e. The number of aliphatic carboxylic acids is 1. The molecule has 0 radical (unpaired) electrons. The molecule has 0 aliphatic heterocycles. The van der Waals surface area contributed by atoms with Crippen LogP contribution in [0.3, 0.4) is 0 Å². The molecule has 2 amide bonds. The maximum atomic E-state index is 11.6. The molecule has 0 saturated carbocycles. The van der Waals surface area contributed by atoms with Crippen molar-refractivity contribution in [1.29, 1.82) is 0 Å². The molecule has 0 aliphatic rings. The van der Waals surface area contributed by atoms with Gasteiger partial charge in [-0.05, 0) is 27.2 Å². The number of carbonyl (C=O) groups excluding carboxylic acids is 2. The molecule has 8 nitrogen and oxygen atoms in total. The Kier molecular flexibility index (Phi) is 8.00. The number of hydrogen-bond acceptors (Lipinski definition) is 5. The standard InChI is InChI=1S/C14H24N2O6/c1-6-9-21-13(20)16(5)8-7-10(11(17)18)15-12(19)22-14(2,3)4/h6,10H,1,7-9H2,2-5H3,(H,15,19)(H,17,18)/t10-/m0/s1. The molecule has 0 fully saturated rings. The van der Waals surface area contributed by atoms with E-state index in [1.807, 2.05) is 0 Å². The van der Waals surface area contributed by atoms with Crippen molar-refractivity contribution in [3.05, 3.63) is 12.7 Å². The highest BCUT2D eigenvalue weighted by Crippen LogP contribution is 2.07. The Morgan fingerprint density at radius 1 is 1.36 bits per heavy atom. The van der Waals surface area contributed by atoms with Gasteiger partial charge in [0.05, 0.1) is 0 Å². The number of carboxylic acids is 1. The first-order chi connectivity index (χ1) is 10.1. The minimum absolute atomic E-state index is 0.0221. The molecule has 2 N–H and O–H groups in total. The minimum Gasteiger partial charge on any atom is -0.480 e. The van der Waals surface area contributed by atoms with Crippen LogP contribution in [0, 0.1) is 0 Å². The fourth-order valence-electron chi connectivity index (χ4n) is 1.36. The van der Waals surface area contributed by atoms with Gasteiger partial charge < -0.3 is 24.8 Å². The van der Waals surface area contributed by atoms with Gasteiger partial charge in [-0.3, -0.25) is 0 Å². The van der Waals surface area contributed by atoms with Crippen LogP contribution in [0.2, 0.25) is 0 Å². The number of amides is 2. The first kappa shape index (κ1) is 19.8. The average molecular weight is 316 g/mol. The highest BCUT2D eigenvalue weighted by molar-refractivity contribution is 5.80. The lowest BCUT2D eigenvalue weighted by atomic mass is 10.2. The van der Waals surface area contributed by atoms with Crippen LogP contribution < -0.4 is 5.32 Å². The van der Waals surface area contributed by atoms with Crippen molar-refractivity contribution in [3.8, 4) is 0 Å². The van der Waals surface area contributed by atoms with Crippen molar-refractivity contribution < 1.29 is 29.0 Å². The number of nitrogens with zero attached hydrogens (tertiary/aromatic N) is 1. The number of ether oxygens (including phenoxy) is 2. The highest BCUT2D eigenvalue weighted by Gasteiger charge is 2.24. The van der Waals surface area contributed by atoms with E-state index in [9.17, 15) is 14.4 Å². The molecular weight excluding hydrogens is 292 g/mol. The summed E-state index contributed by atoms with van der Waals surface area (Å²) in [5, 5.41) is 11.3. The van der Waals surface area contributed by atoms with E-state index in [1.54, 1.807) is 20.8 Å². The van der Waals surface area contributed by atoms with Gasteiger partial charge >= 0.3 is 18.2 Å². The molecule has 0 aromatic rings. The minimum atomic E-state index is -1.21. The molecule has 0 aliphatic carbocycles. The van der Waals surface area contributed by atoms with E-state index < -0.39 is 29.8 Å². The monoisotopic (exact) mass is 316 g/mol. The van der Waals surface area contributed by atoms with Crippen LogP contribution in [-0.4, -0.2) is 60.0 Å². The average Bonchev–Trinajstić information content (AvgIpc) is 2.37. The number of rotatable bonds is 7. The number of carbonyl (C=O) groups is 3. The van der Waals surface area contributed by atoms with Gasteiger partial charge in [0.25, 0.3) is 0 Å². The van der Waals surface area contributed by atoms with Crippen LogP contribution in [0.15, 0.2) is 12.7 Å². The van der Waals surface area contributed by atoms with E-state index in [4.69, 9.17) is 14.6 Å². The first-order valence-electron chi connectivity index (χ1n) is 6.78. The third kappa shape index (κ3) is 8.83. The third-order valence-electron chi connectivity index (χ3n) is 2.38. The maximum absolute atomic E-state index is 11.6. The fourth-order valence-corrected chi connectivity index (χ4v) is 1.36. The Bertz CT molecular complexity index is 416. The molecule has 0 rings (SSSR count). The van der Waals surface area contributed by atoms with E-state index in [1.165, 1.54) is 18.0 Å². The summed E-state index contributed by atoms with van der Waals surface area (Å²) in [4.78, 5) is 35.4. The zero-order chi connectivity index (χ0) is 17.3. The molecule has 0 spiro atoms. The van der Waals surface area contributed by atoms with E-state index >= 15 is 0 Å². The zero-order valence-electron chi connectivity index (χ0n) is 13.4. The summed E-state index contributed by atoms with van der Waals surface area (Å²) >= 11 is 0. The van der Waals surface area contributed by atoms with Crippen LogP contribution in [0.5, 0.6) is 0 Å². The zero-order valence-corrected chi connectivity index (χ0v) is 13.4. The van der Waals surface area contributed by atoms with Gasteiger partial charge in [-0.2, -0.15) is 0 Å². The van der Waals surface area contributed by atoms with Crippen molar-refractivity contribution in [1.82, 2.24) is 10.2 Å². The first-order valence-corrected chi connectivity index (χ1v) is 6.78. The lowest BCUT2D eigenvalue weighted by molar-refractivity contribution is -0.139. The van der Waals surface area contributed by atoms with Gasteiger partial charge in [0.15, 0.2) is 0 Å². The quantitative estimate of drug-likeness (QED) is 0.691. The Labute approximate surface area is 130 Å². The topological polar surface area (TPSA) is 105 Å². The largest absolute Gasteiger partial charge is 0.480 e. The summed E-state index contributed by atoms with van der Waals surface area (Å²) in [6.07, 6.45) is 0.0301. The summed E-state index contributed by atoms with van der Waals surface area (Å²) in [6, 6.07) is -1.16. The molecule has 0 heterocycles. The van der Waals surface area contributed by atoms with E-state index in [0.29, 0.717) is 0 Å². The predicted octanol–water partition coefficient (Wildman–Crippen LogP) is 1.61. The van der Waals surface area contributed by atoms with Crippen molar-refractivity contribution in [3.63, 3.8) is 0 Å². The summed E-state index contributed by atoms with van der Waals surface area (Å²) < 4.78 is 9.80. The van der Waals surface area contributed by atoms with Gasteiger partial charge in [-0.25, -0.2) is 14.4 Å². The molecule has 8 heteroatoms. The van der Waals surface area contributed by atoms with E-state index in [2.05, 4.69) is 11.9 Å². The number of hydrogen-bond donors (Lipinski definition) is 2. The Hall–Kier alpha value is -2.25. The second-order valence-corrected chi connectivity index (χ2v) is 5.61. The molecule has 1 atom stereocenters. The number of alkyl carbamates (subject to hydrolysis) is 1. The lowest BCUT2D eigenvalue weighted by Gasteiger charge is -2.23. The molecule has 22 heavy (non-hydrogen) atoms. The molecule has 126 valence electrons. The molecule has 0 aromatic carbocycles. The summed E-state index contributed by atoms with van der Waals surface area (Å²) in [5.74, 6) is -1.21. The molecule has 0 unspecified atom stereocenters. The van der Waals surface area contributed by atoms with Gasteiger partial charge in [-0.15, -0.1) is 0 Å². The van der Waals surface area contributed by atoms with Crippen molar-refractivity contribution in [2.75, 3.05) is 20.2 Å². The maximum Gasteiger partial charge on any atom is 0.409 e. The SMILES string of the molecule is C=CCOC(=O)N(C)CC[C@H](NC(=O)OC(C)(C)C)C(=O)O. The third-order valence-corrected chi connectivity index (χ3v) is 2.38. The lowest BCUT2D eigenvalue weighted by Crippen LogP contribution is -2.45. The van der Waals surface area contributed by atoms with Gasteiger partial charge in [-0.1, -0.05) is 12.7 Å². The van der Waals surface area contributed by atoms with E-state index in [-0.39, 0.29) is 19.6 Å². The van der Waals surface area contributed by atoms with E-state index in [0.717, 1.165) is 0 Å². The second kappa shape index (κ2) is 8.91. The normalized spacial score (nSPS) is 12.0. The van der Waals surface area contributed by atoms with Crippen molar-refractivity contribution >= 4 is 18.2 Å². The molecule has 0 aromatic heterocycles. The number of nitrogens with one attached hydrogen (secondary N) is 1. The Balaban J connectivity index is 4.42. The van der Waals surface area contributed by atoms with Crippen LogP contribution in [0.25, 0.3) is 0 Å². The summed E-state index contributed by atoms with van der Waals surface area (Å²) in [6.45, 7) is 8.60. The van der Waals surface area contributed by atoms with Crippen LogP contribution >= 0.6 is 0 Å². The van der Waals surface area contributed by atoms with Gasteiger partial charge in [0.2, 0.25) is 0 Å². The summed E-state index contributed by atoms with van der Waals surface area (Å²) in [5.41, 5.74) is -0.724. The molecule has 0 bridgehead atoms. The highest BCUT2D eigenvalue weighted by atomic mass is 16.6. The Morgan fingerprint density at radius 3 is 2.41 bits per heavy atom.